The van der Waals surface area contributed by atoms with E-state index in [1.165, 1.54) is 23.1 Å². The lowest BCUT2D eigenvalue weighted by atomic mass is 9.97. The van der Waals surface area contributed by atoms with E-state index in [4.69, 9.17) is 0 Å². The van der Waals surface area contributed by atoms with E-state index in [0.29, 0.717) is 0 Å². The zero-order valence-corrected chi connectivity index (χ0v) is 11.8. The number of β-amino-alcohol motifs (C(OH)–C–C–N with tert-alkyl or cyclic N) is 1. The van der Waals surface area contributed by atoms with E-state index in [0.717, 1.165) is 18.5 Å². The molecule has 1 fully saturated rings. The van der Waals surface area contributed by atoms with Crippen LogP contribution in [0.2, 0.25) is 0 Å². The van der Waals surface area contributed by atoms with Crippen molar-refractivity contribution in [1.29, 1.82) is 0 Å². The fourth-order valence-corrected chi connectivity index (χ4v) is 2.83. The highest BCUT2D eigenvalue weighted by atomic mass is 19.4. The number of nitrogens with zero attached hydrogens (tertiary/aromatic N) is 3. The summed E-state index contributed by atoms with van der Waals surface area (Å²) in [5, 5.41) is 9.89. The molecule has 4 nitrogen and oxygen atoms in total. The van der Waals surface area contributed by atoms with Gasteiger partial charge >= 0.3 is 6.18 Å². The van der Waals surface area contributed by atoms with Gasteiger partial charge in [0.15, 0.2) is 5.82 Å². The number of halogens is 4. The van der Waals surface area contributed by atoms with Crippen molar-refractivity contribution in [2.45, 2.75) is 24.7 Å². The van der Waals surface area contributed by atoms with Crippen LogP contribution in [-0.2, 0) is 6.18 Å². The van der Waals surface area contributed by atoms with Crippen LogP contribution in [-0.4, -0.2) is 27.7 Å². The average molecular weight is 327 g/mol. The van der Waals surface area contributed by atoms with Gasteiger partial charge in [-0.25, -0.2) is 14.4 Å². The van der Waals surface area contributed by atoms with Crippen LogP contribution in [0, 0.1) is 5.82 Å². The predicted octanol–water partition coefficient (Wildman–Crippen LogP) is 2.95. The Morgan fingerprint density at radius 3 is 2.43 bits per heavy atom. The molecule has 2 heterocycles. The maximum absolute atomic E-state index is 13.2. The number of aliphatic hydroxyl groups is 1. The van der Waals surface area contributed by atoms with E-state index in [1.807, 2.05) is 0 Å². The Kier molecular flexibility index (Phi) is 3.93. The Morgan fingerprint density at radius 1 is 1.13 bits per heavy atom. The van der Waals surface area contributed by atoms with E-state index >= 15 is 0 Å². The summed E-state index contributed by atoms with van der Waals surface area (Å²) >= 11 is 0. The Morgan fingerprint density at radius 2 is 1.78 bits per heavy atom. The topological polar surface area (TPSA) is 49.2 Å². The number of aliphatic hydroxyl groups excluding tert-OH is 1. The second kappa shape index (κ2) is 5.77. The van der Waals surface area contributed by atoms with Crippen molar-refractivity contribution in [1.82, 2.24) is 9.97 Å². The fraction of sp³-hybridized carbons (Fsp3) is 0.333. The Labute approximate surface area is 129 Å². The summed E-state index contributed by atoms with van der Waals surface area (Å²) in [4.78, 5) is 9.09. The van der Waals surface area contributed by atoms with Gasteiger partial charge in [0, 0.05) is 6.54 Å². The van der Waals surface area contributed by atoms with Gasteiger partial charge in [-0.2, -0.15) is 13.2 Å². The zero-order chi connectivity index (χ0) is 16.6. The molecule has 0 bridgehead atoms. The Hall–Kier alpha value is -2.22. The minimum absolute atomic E-state index is 0.0458. The second-order valence-corrected chi connectivity index (χ2v) is 5.34. The fourth-order valence-electron chi connectivity index (χ4n) is 2.83. The minimum Gasteiger partial charge on any atom is -0.391 e. The van der Waals surface area contributed by atoms with Gasteiger partial charge in [-0.3, -0.25) is 0 Å². The van der Waals surface area contributed by atoms with Crippen LogP contribution >= 0.6 is 0 Å². The lowest BCUT2D eigenvalue weighted by molar-refractivity contribution is -0.138. The van der Waals surface area contributed by atoms with Crippen molar-refractivity contribution in [3.63, 3.8) is 0 Å². The molecule has 0 radical (unpaired) electrons. The molecule has 0 amide bonds. The second-order valence-electron chi connectivity index (χ2n) is 5.34. The third-order valence-corrected chi connectivity index (χ3v) is 3.77. The molecule has 0 spiro atoms. The lowest BCUT2D eigenvalue weighted by Crippen LogP contribution is -2.27. The number of rotatable bonds is 2. The average Bonchev–Trinajstić information content (AvgIpc) is 2.89. The summed E-state index contributed by atoms with van der Waals surface area (Å²) in [7, 11) is 0. The van der Waals surface area contributed by atoms with Crippen LogP contribution in [0.15, 0.2) is 36.7 Å². The van der Waals surface area contributed by atoms with Crippen LogP contribution in [0.25, 0.3) is 0 Å². The first-order valence-electron chi connectivity index (χ1n) is 6.94. The zero-order valence-electron chi connectivity index (χ0n) is 11.8. The molecule has 1 aromatic heterocycles. The monoisotopic (exact) mass is 327 g/mol. The molecule has 2 aromatic rings. The molecule has 1 saturated heterocycles. The summed E-state index contributed by atoms with van der Waals surface area (Å²) in [6.07, 6.45) is -3.30. The molecule has 1 aliphatic heterocycles. The maximum atomic E-state index is 13.2. The van der Waals surface area contributed by atoms with Crippen molar-refractivity contribution in [3.8, 4) is 0 Å². The van der Waals surface area contributed by atoms with E-state index in [2.05, 4.69) is 9.97 Å². The summed E-state index contributed by atoms with van der Waals surface area (Å²) in [6, 6.07) is 4.48. The van der Waals surface area contributed by atoms with Crippen LogP contribution in [0.3, 0.4) is 0 Å². The summed E-state index contributed by atoms with van der Waals surface area (Å²) in [6.45, 7) is 0.0858. The van der Waals surface area contributed by atoms with E-state index in [1.54, 1.807) is 0 Å². The Balaban J connectivity index is 2.02. The van der Waals surface area contributed by atoms with Gasteiger partial charge < -0.3 is 10.0 Å². The standard InChI is InChI=1S/C15H13F4N3O/c16-9-6-20-14(21-7-9)22-8-10(23)5-13(22)11-3-1-2-4-12(11)15(17,18)19/h1-4,6-7,10,13,23H,5,8H2. The van der Waals surface area contributed by atoms with Gasteiger partial charge in [0.05, 0.1) is 30.1 Å². The molecular formula is C15H13F4N3O. The van der Waals surface area contributed by atoms with Gasteiger partial charge in [0.25, 0.3) is 0 Å². The first kappa shape index (κ1) is 15.7. The molecule has 1 aliphatic rings. The molecule has 1 aromatic carbocycles. The van der Waals surface area contributed by atoms with Crippen LogP contribution in [0.1, 0.15) is 23.6 Å². The molecule has 3 rings (SSSR count). The summed E-state index contributed by atoms with van der Waals surface area (Å²) in [5.41, 5.74) is -0.712. The molecular weight excluding hydrogens is 314 g/mol. The van der Waals surface area contributed by atoms with Gasteiger partial charge in [-0.1, -0.05) is 18.2 Å². The third kappa shape index (κ3) is 3.12. The van der Waals surface area contributed by atoms with Crippen molar-refractivity contribution < 1.29 is 22.7 Å². The summed E-state index contributed by atoms with van der Waals surface area (Å²) in [5.74, 6) is -0.550. The Bertz CT molecular complexity index is 690. The SMILES string of the molecule is OC1CC(c2ccccc2C(F)(F)F)N(c2ncc(F)cn2)C1. The van der Waals surface area contributed by atoms with Crippen molar-refractivity contribution >= 4 is 5.95 Å². The summed E-state index contributed by atoms with van der Waals surface area (Å²) < 4.78 is 52.6. The minimum atomic E-state index is -4.50. The predicted molar refractivity (Wildman–Crippen MR) is 74.1 cm³/mol. The van der Waals surface area contributed by atoms with E-state index < -0.39 is 29.7 Å². The number of alkyl halides is 3. The molecule has 122 valence electrons. The first-order chi connectivity index (χ1) is 10.9. The van der Waals surface area contributed by atoms with Crippen LogP contribution in [0.5, 0.6) is 0 Å². The number of aromatic nitrogens is 2. The highest BCUT2D eigenvalue weighted by Gasteiger charge is 2.40. The quantitative estimate of drug-likeness (QED) is 0.862. The molecule has 8 heteroatoms. The van der Waals surface area contributed by atoms with Crippen LogP contribution < -0.4 is 4.90 Å². The normalized spacial score (nSPS) is 21.7. The molecule has 23 heavy (non-hydrogen) atoms. The molecule has 0 saturated carbocycles. The van der Waals surface area contributed by atoms with Gasteiger partial charge in [-0.05, 0) is 18.1 Å². The third-order valence-electron chi connectivity index (χ3n) is 3.77. The number of anilines is 1. The molecule has 2 unspecified atom stereocenters. The first-order valence-corrected chi connectivity index (χ1v) is 6.94. The largest absolute Gasteiger partial charge is 0.416 e. The number of benzene rings is 1. The van der Waals surface area contributed by atoms with Crippen LogP contribution in [0.4, 0.5) is 23.5 Å². The van der Waals surface area contributed by atoms with Gasteiger partial charge in [0.1, 0.15) is 0 Å². The van der Waals surface area contributed by atoms with E-state index in [9.17, 15) is 22.7 Å². The van der Waals surface area contributed by atoms with Crippen molar-refractivity contribution in [2.24, 2.45) is 0 Å². The lowest BCUT2D eigenvalue weighted by Gasteiger charge is -2.26. The van der Waals surface area contributed by atoms with Gasteiger partial charge in [-0.15, -0.1) is 0 Å². The van der Waals surface area contributed by atoms with Crippen molar-refractivity contribution in [2.75, 3.05) is 11.4 Å². The molecule has 1 N–H and O–H groups in total. The van der Waals surface area contributed by atoms with Crippen molar-refractivity contribution in [3.05, 3.63) is 53.6 Å². The van der Waals surface area contributed by atoms with E-state index in [-0.39, 0.29) is 24.5 Å². The molecule has 0 aliphatic carbocycles. The highest BCUT2D eigenvalue weighted by Crippen LogP contribution is 2.41. The highest BCUT2D eigenvalue weighted by molar-refractivity contribution is 5.43. The van der Waals surface area contributed by atoms with Gasteiger partial charge in [0.2, 0.25) is 5.95 Å². The number of hydrogen-bond acceptors (Lipinski definition) is 4. The number of hydrogen-bond donors (Lipinski definition) is 1. The smallest absolute Gasteiger partial charge is 0.391 e. The maximum Gasteiger partial charge on any atom is 0.416 e. The molecule has 2 atom stereocenters.